The van der Waals surface area contributed by atoms with Crippen LogP contribution in [0.2, 0.25) is 0 Å². The van der Waals surface area contributed by atoms with Crippen molar-refractivity contribution >= 4 is 29.9 Å². The standard InChI is InChI=1S/C19H29N5O3.HI/c1-14-22-18(27-23-14)7-6-11-21-19(20-2)24(3)12-10-15-8-9-16(25-4)17(13-15)26-5;/h8-9,13H,6-7,10-12H2,1-5H3,(H,20,21);1H. The Kier molecular flexibility index (Phi) is 10.6. The molecule has 28 heavy (non-hydrogen) atoms. The van der Waals surface area contributed by atoms with Crippen molar-refractivity contribution in [3.8, 4) is 11.5 Å². The van der Waals surface area contributed by atoms with E-state index >= 15 is 0 Å². The first-order valence-corrected chi connectivity index (χ1v) is 8.99. The molecule has 0 aliphatic carbocycles. The molecule has 1 aromatic heterocycles. The zero-order chi connectivity index (χ0) is 19.6. The smallest absolute Gasteiger partial charge is 0.226 e. The average molecular weight is 503 g/mol. The van der Waals surface area contributed by atoms with E-state index in [0.717, 1.165) is 49.8 Å². The predicted octanol–water partition coefficient (Wildman–Crippen LogP) is 2.70. The van der Waals surface area contributed by atoms with Crippen LogP contribution in [0.25, 0.3) is 0 Å². The molecular formula is C19H30IN5O3. The van der Waals surface area contributed by atoms with Crippen LogP contribution in [0, 0.1) is 6.92 Å². The molecule has 1 N–H and O–H groups in total. The number of aryl methyl sites for hydroxylation is 2. The zero-order valence-corrected chi connectivity index (χ0v) is 19.5. The van der Waals surface area contributed by atoms with Crippen LogP contribution in [0.3, 0.4) is 0 Å². The molecular weight excluding hydrogens is 473 g/mol. The molecule has 0 radical (unpaired) electrons. The van der Waals surface area contributed by atoms with Gasteiger partial charge in [0.25, 0.3) is 0 Å². The van der Waals surface area contributed by atoms with E-state index in [-0.39, 0.29) is 24.0 Å². The first-order valence-electron chi connectivity index (χ1n) is 8.99. The number of likely N-dealkylation sites (N-methyl/N-ethyl adjacent to an activating group) is 1. The van der Waals surface area contributed by atoms with E-state index in [1.165, 1.54) is 5.56 Å². The zero-order valence-electron chi connectivity index (χ0n) is 17.2. The fourth-order valence-electron chi connectivity index (χ4n) is 2.70. The summed E-state index contributed by atoms with van der Waals surface area (Å²) in [5.41, 5.74) is 1.18. The molecule has 0 aliphatic heterocycles. The highest BCUT2D eigenvalue weighted by molar-refractivity contribution is 14.0. The fourth-order valence-corrected chi connectivity index (χ4v) is 2.70. The lowest BCUT2D eigenvalue weighted by atomic mass is 10.1. The minimum atomic E-state index is 0. The van der Waals surface area contributed by atoms with E-state index in [1.54, 1.807) is 21.3 Å². The van der Waals surface area contributed by atoms with Crippen LogP contribution in [0.5, 0.6) is 11.5 Å². The maximum absolute atomic E-state index is 5.36. The number of ether oxygens (including phenoxy) is 2. The van der Waals surface area contributed by atoms with Gasteiger partial charge in [0.15, 0.2) is 23.3 Å². The summed E-state index contributed by atoms with van der Waals surface area (Å²) < 4.78 is 15.8. The normalized spacial score (nSPS) is 11.0. The van der Waals surface area contributed by atoms with Gasteiger partial charge in [0.2, 0.25) is 5.89 Å². The molecule has 0 aliphatic rings. The van der Waals surface area contributed by atoms with Gasteiger partial charge in [-0.05, 0) is 37.5 Å². The topological polar surface area (TPSA) is 85.0 Å². The van der Waals surface area contributed by atoms with Crippen molar-refractivity contribution in [2.24, 2.45) is 4.99 Å². The van der Waals surface area contributed by atoms with Crippen LogP contribution in [-0.4, -0.2) is 62.4 Å². The highest BCUT2D eigenvalue weighted by atomic mass is 127. The monoisotopic (exact) mass is 503 g/mol. The van der Waals surface area contributed by atoms with Crippen LogP contribution in [0.15, 0.2) is 27.7 Å². The Hall–Kier alpha value is -2.04. The molecule has 0 unspecified atom stereocenters. The highest BCUT2D eigenvalue weighted by Gasteiger charge is 2.09. The summed E-state index contributed by atoms with van der Waals surface area (Å²) in [7, 11) is 7.10. The predicted molar refractivity (Wildman–Crippen MR) is 120 cm³/mol. The summed E-state index contributed by atoms with van der Waals surface area (Å²) in [6.07, 6.45) is 2.52. The number of aromatic nitrogens is 2. The van der Waals surface area contributed by atoms with Gasteiger partial charge in [-0.2, -0.15) is 4.98 Å². The van der Waals surface area contributed by atoms with Crippen LogP contribution in [0.1, 0.15) is 23.7 Å². The second-order valence-corrected chi connectivity index (χ2v) is 6.17. The van der Waals surface area contributed by atoms with Crippen molar-refractivity contribution in [2.75, 3.05) is 41.4 Å². The number of aliphatic imine (C=N–C) groups is 1. The lowest BCUT2D eigenvalue weighted by molar-refractivity contribution is 0.354. The molecule has 0 fully saturated rings. The van der Waals surface area contributed by atoms with Crippen LogP contribution in [-0.2, 0) is 12.8 Å². The van der Waals surface area contributed by atoms with E-state index in [1.807, 2.05) is 26.1 Å². The molecule has 0 saturated heterocycles. The van der Waals surface area contributed by atoms with Gasteiger partial charge < -0.3 is 24.2 Å². The largest absolute Gasteiger partial charge is 0.493 e. The number of benzene rings is 1. The number of nitrogens with zero attached hydrogens (tertiary/aromatic N) is 4. The van der Waals surface area contributed by atoms with Crippen LogP contribution < -0.4 is 14.8 Å². The number of nitrogens with one attached hydrogen (secondary N) is 1. The molecule has 2 aromatic rings. The second kappa shape index (κ2) is 12.4. The Morgan fingerprint density at radius 3 is 2.57 bits per heavy atom. The number of rotatable bonds is 9. The van der Waals surface area contributed by atoms with E-state index in [4.69, 9.17) is 14.0 Å². The lowest BCUT2D eigenvalue weighted by Crippen LogP contribution is -2.40. The number of methoxy groups -OCH3 is 2. The van der Waals surface area contributed by atoms with Crippen molar-refractivity contribution in [3.63, 3.8) is 0 Å². The molecule has 8 nitrogen and oxygen atoms in total. The van der Waals surface area contributed by atoms with E-state index in [0.29, 0.717) is 11.7 Å². The van der Waals surface area contributed by atoms with Gasteiger partial charge >= 0.3 is 0 Å². The molecule has 0 bridgehead atoms. The Morgan fingerprint density at radius 1 is 1.21 bits per heavy atom. The van der Waals surface area contributed by atoms with Gasteiger partial charge in [-0.1, -0.05) is 11.2 Å². The molecule has 0 atom stereocenters. The Labute approximate surface area is 183 Å². The van der Waals surface area contributed by atoms with Crippen molar-refractivity contribution in [1.82, 2.24) is 20.4 Å². The Balaban J connectivity index is 0.00000392. The van der Waals surface area contributed by atoms with Gasteiger partial charge in [-0.25, -0.2) is 0 Å². The molecule has 0 amide bonds. The average Bonchev–Trinajstić information content (AvgIpc) is 3.11. The van der Waals surface area contributed by atoms with Crippen molar-refractivity contribution < 1.29 is 14.0 Å². The molecule has 1 heterocycles. The van der Waals surface area contributed by atoms with Gasteiger partial charge in [-0.15, -0.1) is 24.0 Å². The third-order valence-electron chi connectivity index (χ3n) is 4.18. The van der Waals surface area contributed by atoms with Gasteiger partial charge in [0, 0.05) is 33.6 Å². The summed E-state index contributed by atoms with van der Waals surface area (Å²) in [6.45, 7) is 3.44. The Bertz CT molecular complexity index is 751. The maximum atomic E-state index is 5.36. The van der Waals surface area contributed by atoms with Gasteiger partial charge in [0.1, 0.15) is 0 Å². The fraction of sp³-hybridized carbons (Fsp3) is 0.526. The third-order valence-corrected chi connectivity index (χ3v) is 4.18. The minimum Gasteiger partial charge on any atom is -0.493 e. The SMILES string of the molecule is CN=C(NCCCc1nc(C)no1)N(C)CCc1ccc(OC)c(OC)c1.I. The Morgan fingerprint density at radius 2 is 1.96 bits per heavy atom. The molecule has 0 saturated carbocycles. The second-order valence-electron chi connectivity index (χ2n) is 6.17. The van der Waals surface area contributed by atoms with E-state index in [9.17, 15) is 0 Å². The van der Waals surface area contributed by atoms with Gasteiger partial charge in [-0.3, -0.25) is 4.99 Å². The molecule has 2 rings (SSSR count). The number of hydrogen-bond acceptors (Lipinski definition) is 6. The van der Waals surface area contributed by atoms with Crippen LogP contribution in [0.4, 0.5) is 0 Å². The molecule has 0 spiro atoms. The summed E-state index contributed by atoms with van der Waals surface area (Å²) in [4.78, 5) is 10.7. The first kappa shape index (κ1) is 24.0. The number of guanidine groups is 1. The number of hydrogen-bond donors (Lipinski definition) is 1. The highest BCUT2D eigenvalue weighted by Crippen LogP contribution is 2.27. The molecule has 9 heteroatoms. The molecule has 1 aromatic carbocycles. The van der Waals surface area contributed by atoms with Crippen LogP contribution >= 0.6 is 24.0 Å². The summed E-state index contributed by atoms with van der Waals surface area (Å²) in [5.74, 6) is 3.69. The molecule has 156 valence electrons. The quantitative estimate of drug-likeness (QED) is 0.244. The first-order chi connectivity index (χ1) is 13.1. The van der Waals surface area contributed by atoms with Gasteiger partial charge in [0.05, 0.1) is 14.2 Å². The lowest BCUT2D eigenvalue weighted by Gasteiger charge is -2.22. The van der Waals surface area contributed by atoms with Crippen molar-refractivity contribution in [1.29, 1.82) is 0 Å². The van der Waals surface area contributed by atoms with E-state index in [2.05, 4.69) is 31.4 Å². The third kappa shape index (κ3) is 7.17. The van der Waals surface area contributed by atoms with E-state index < -0.39 is 0 Å². The summed E-state index contributed by atoms with van der Waals surface area (Å²) in [6, 6.07) is 5.99. The number of halogens is 1. The summed E-state index contributed by atoms with van der Waals surface area (Å²) >= 11 is 0. The maximum Gasteiger partial charge on any atom is 0.226 e. The van der Waals surface area contributed by atoms with Crippen molar-refractivity contribution in [3.05, 3.63) is 35.5 Å². The minimum absolute atomic E-state index is 0. The summed E-state index contributed by atoms with van der Waals surface area (Å²) in [5, 5.41) is 7.16. The van der Waals surface area contributed by atoms with Crippen molar-refractivity contribution in [2.45, 2.75) is 26.2 Å².